The number of benzene rings is 2. The number of carbonyl (C=O) groups is 3. The fourth-order valence-corrected chi connectivity index (χ4v) is 2.11. The van der Waals surface area contributed by atoms with Gasteiger partial charge in [0, 0.05) is 11.3 Å². The van der Waals surface area contributed by atoms with Crippen LogP contribution in [0, 0.1) is 6.92 Å². The molecule has 0 bridgehead atoms. The van der Waals surface area contributed by atoms with E-state index >= 15 is 0 Å². The first-order valence-corrected chi connectivity index (χ1v) is 7.95. The number of ether oxygens (including phenoxy) is 2. The molecule has 2 amide bonds. The average Bonchev–Trinajstić information content (AvgIpc) is 2.60. The van der Waals surface area contributed by atoms with Crippen LogP contribution in [0.4, 0.5) is 5.69 Å². The Balaban J connectivity index is 1.80. The monoisotopic (exact) mass is 356 g/mol. The Kier molecular flexibility index (Phi) is 6.32. The van der Waals surface area contributed by atoms with Crippen LogP contribution in [0.2, 0.25) is 0 Å². The van der Waals surface area contributed by atoms with Gasteiger partial charge in [-0.2, -0.15) is 0 Å². The van der Waals surface area contributed by atoms with Crippen LogP contribution in [0.15, 0.2) is 48.5 Å². The van der Waals surface area contributed by atoms with Crippen molar-refractivity contribution in [3.8, 4) is 5.75 Å². The number of anilines is 1. The number of nitrogens with one attached hydrogen (secondary N) is 1. The molecule has 2 rings (SSSR count). The summed E-state index contributed by atoms with van der Waals surface area (Å²) in [7, 11) is 0. The molecule has 136 valence electrons. The van der Waals surface area contributed by atoms with Crippen LogP contribution < -0.4 is 15.8 Å². The van der Waals surface area contributed by atoms with Gasteiger partial charge in [-0.05, 0) is 55.8 Å². The van der Waals surface area contributed by atoms with Gasteiger partial charge >= 0.3 is 5.97 Å². The predicted octanol–water partition coefficient (Wildman–Crippen LogP) is 2.04. The van der Waals surface area contributed by atoms with Crippen molar-refractivity contribution in [2.45, 2.75) is 20.0 Å². The highest BCUT2D eigenvalue weighted by molar-refractivity contribution is 5.95. The number of nitrogens with two attached hydrogens (primary N) is 1. The number of rotatable bonds is 7. The highest BCUT2D eigenvalue weighted by Gasteiger charge is 2.18. The quantitative estimate of drug-likeness (QED) is 0.738. The minimum Gasteiger partial charge on any atom is -0.479 e. The van der Waals surface area contributed by atoms with Gasteiger partial charge in [0.15, 0.2) is 12.7 Å². The molecule has 0 aliphatic rings. The van der Waals surface area contributed by atoms with Gasteiger partial charge in [0.1, 0.15) is 5.75 Å². The molecule has 0 aliphatic heterocycles. The SMILES string of the molecule is Cc1cccc(O[C@@H](C)C(=O)OCC(=O)Nc2ccc(C(N)=O)cc2)c1. The largest absolute Gasteiger partial charge is 0.479 e. The van der Waals surface area contributed by atoms with Crippen molar-refractivity contribution in [2.75, 3.05) is 11.9 Å². The van der Waals surface area contributed by atoms with Crippen molar-refractivity contribution in [1.29, 1.82) is 0 Å². The zero-order chi connectivity index (χ0) is 19.1. The second kappa shape index (κ2) is 8.66. The van der Waals surface area contributed by atoms with E-state index in [-0.39, 0.29) is 0 Å². The van der Waals surface area contributed by atoms with Gasteiger partial charge in [-0.3, -0.25) is 9.59 Å². The normalized spacial score (nSPS) is 11.3. The summed E-state index contributed by atoms with van der Waals surface area (Å²) in [5.74, 6) is -1.16. The summed E-state index contributed by atoms with van der Waals surface area (Å²) in [5, 5.41) is 2.55. The van der Waals surface area contributed by atoms with E-state index in [0.717, 1.165) is 5.56 Å². The van der Waals surface area contributed by atoms with Crippen molar-refractivity contribution >= 4 is 23.5 Å². The molecule has 0 radical (unpaired) electrons. The molecule has 0 saturated carbocycles. The minimum atomic E-state index is -0.848. The standard InChI is InChI=1S/C19H20N2O5/c1-12-4-3-5-16(10-12)26-13(2)19(24)25-11-17(22)21-15-8-6-14(7-9-15)18(20)23/h3-10,13H,11H2,1-2H3,(H2,20,23)(H,21,22)/t13-/m0/s1. The lowest BCUT2D eigenvalue weighted by molar-refractivity contribution is -0.153. The highest BCUT2D eigenvalue weighted by atomic mass is 16.6. The zero-order valence-electron chi connectivity index (χ0n) is 14.5. The molecule has 0 aromatic heterocycles. The average molecular weight is 356 g/mol. The third kappa shape index (κ3) is 5.62. The maximum Gasteiger partial charge on any atom is 0.347 e. The van der Waals surface area contributed by atoms with E-state index in [9.17, 15) is 14.4 Å². The summed E-state index contributed by atoms with van der Waals surface area (Å²) in [5.41, 5.74) is 6.94. The number of esters is 1. The summed E-state index contributed by atoms with van der Waals surface area (Å²) >= 11 is 0. The molecule has 7 heteroatoms. The minimum absolute atomic E-state index is 0.330. The third-order valence-electron chi connectivity index (χ3n) is 3.43. The lowest BCUT2D eigenvalue weighted by Gasteiger charge is -2.14. The van der Waals surface area contributed by atoms with Gasteiger partial charge in [0.05, 0.1) is 0 Å². The Hall–Kier alpha value is -3.35. The Bertz CT molecular complexity index is 802. The summed E-state index contributed by atoms with van der Waals surface area (Å²) < 4.78 is 10.4. The molecule has 0 unspecified atom stereocenters. The fraction of sp³-hybridized carbons (Fsp3) is 0.211. The molecule has 2 aromatic rings. The van der Waals surface area contributed by atoms with E-state index in [0.29, 0.717) is 17.0 Å². The number of amides is 2. The number of hydrogen-bond acceptors (Lipinski definition) is 5. The summed E-state index contributed by atoms with van der Waals surface area (Å²) in [6, 6.07) is 13.3. The molecule has 3 N–H and O–H groups in total. The van der Waals surface area contributed by atoms with E-state index in [1.807, 2.05) is 19.1 Å². The van der Waals surface area contributed by atoms with E-state index in [4.69, 9.17) is 15.2 Å². The lowest BCUT2D eigenvalue weighted by atomic mass is 10.2. The summed E-state index contributed by atoms with van der Waals surface area (Å²) in [4.78, 5) is 34.8. The smallest absolute Gasteiger partial charge is 0.347 e. The van der Waals surface area contributed by atoms with Crippen LogP contribution in [0.25, 0.3) is 0 Å². The Morgan fingerprint density at radius 1 is 1.12 bits per heavy atom. The molecule has 0 heterocycles. The Labute approximate surface area is 151 Å². The number of aryl methyl sites for hydroxylation is 1. The maximum atomic E-state index is 11.9. The van der Waals surface area contributed by atoms with E-state index in [2.05, 4.69) is 5.32 Å². The Morgan fingerprint density at radius 3 is 2.42 bits per heavy atom. The van der Waals surface area contributed by atoms with E-state index in [1.165, 1.54) is 24.3 Å². The topological polar surface area (TPSA) is 108 Å². The van der Waals surface area contributed by atoms with Gasteiger partial charge in [-0.15, -0.1) is 0 Å². The molecule has 0 spiro atoms. The molecule has 26 heavy (non-hydrogen) atoms. The first-order valence-electron chi connectivity index (χ1n) is 7.95. The van der Waals surface area contributed by atoms with E-state index < -0.39 is 30.5 Å². The van der Waals surface area contributed by atoms with Crippen molar-refractivity contribution in [1.82, 2.24) is 0 Å². The van der Waals surface area contributed by atoms with Gasteiger partial charge in [-0.1, -0.05) is 12.1 Å². The molecule has 2 aromatic carbocycles. The van der Waals surface area contributed by atoms with E-state index in [1.54, 1.807) is 19.1 Å². The van der Waals surface area contributed by atoms with Crippen molar-refractivity contribution < 1.29 is 23.9 Å². The maximum absolute atomic E-state index is 11.9. The van der Waals surface area contributed by atoms with Crippen molar-refractivity contribution in [3.05, 3.63) is 59.7 Å². The molecule has 0 saturated heterocycles. The van der Waals surface area contributed by atoms with Gasteiger partial charge in [0.25, 0.3) is 5.91 Å². The molecule has 0 fully saturated rings. The second-order valence-electron chi connectivity index (χ2n) is 5.67. The Morgan fingerprint density at radius 2 is 1.81 bits per heavy atom. The van der Waals surface area contributed by atoms with Crippen LogP contribution >= 0.6 is 0 Å². The predicted molar refractivity (Wildman–Crippen MR) is 95.8 cm³/mol. The highest BCUT2D eigenvalue weighted by Crippen LogP contribution is 2.14. The van der Waals surface area contributed by atoms with Crippen LogP contribution in [-0.2, 0) is 14.3 Å². The molecule has 1 atom stereocenters. The first kappa shape index (κ1) is 19.0. The summed E-state index contributed by atoms with van der Waals surface area (Å²) in [6.07, 6.45) is -0.848. The van der Waals surface area contributed by atoms with Gasteiger partial charge < -0.3 is 20.5 Å². The van der Waals surface area contributed by atoms with Crippen LogP contribution in [0.1, 0.15) is 22.8 Å². The fourth-order valence-electron chi connectivity index (χ4n) is 2.11. The van der Waals surface area contributed by atoms with Crippen molar-refractivity contribution in [3.63, 3.8) is 0 Å². The molecule has 7 nitrogen and oxygen atoms in total. The molecular formula is C19H20N2O5. The summed E-state index contributed by atoms with van der Waals surface area (Å²) in [6.45, 7) is 3.01. The zero-order valence-corrected chi connectivity index (χ0v) is 14.5. The van der Waals surface area contributed by atoms with Crippen LogP contribution in [-0.4, -0.2) is 30.5 Å². The molecular weight excluding hydrogens is 336 g/mol. The first-order chi connectivity index (χ1) is 12.3. The molecule has 0 aliphatic carbocycles. The third-order valence-corrected chi connectivity index (χ3v) is 3.43. The van der Waals surface area contributed by atoms with Gasteiger partial charge in [-0.25, -0.2) is 4.79 Å². The van der Waals surface area contributed by atoms with Crippen molar-refractivity contribution in [2.24, 2.45) is 5.73 Å². The number of primary amides is 1. The number of carbonyl (C=O) groups excluding carboxylic acids is 3. The second-order valence-corrected chi connectivity index (χ2v) is 5.67. The van der Waals surface area contributed by atoms with Gasteiger partial charge in [0.2, 0.25) is 5.91 Å². The van der Waals surface area contributed by atoms with Crippen LogP contribution in [0.3, 0.4) is 0 Å². The lowest BCUT2D eigenvalue weighted by Crippen LogP contribution is -2.29. The van der Waals surface area contributed by atoms with Crippen LogP contribution in [0.5, 0.6) is 5.75 Å². The number of hydrogen-bond donors (Lipinski definition) is 2.